The topological polar surface area (TPSA) is 49.4 Å². The number of hydrogen-bond acceptors (Lipinski definition) is 2. The van der Waals surface area contributed by atoms with Gasteiger partial charge in [-0.1, -0.05) is 37.3 Å². The third kappa shape index (κ3) is 3.90. The summed E-state index contributed by atoms with van der Waals surface area (Å²) in [7, 11) is 0. The van der Waals surface area contributed by atoms with E-state index in [-0.39, 0.29) is 11.8 Å². The second kappa shape index (κ2) is 7.51. The highest BCUT2D eigenvalue weighted by atomic mass is 16.2. The highest BCUT2D eigenvalue weighted by molar-refractivity contribution is 6.05. The van der Waals surface area contributed by atoms with Crippen molar-refractivity contribution >= 4 is 17.5 Å². The molecular weight excluding hydrogens is 312 g/mol. The van der Waals surface area contributed by atoms with Gasteiger partial charge in [0, 0.05) is 30.8 Å². The molecule has 0 bridgehead atoms. The van der Waals surface area contributed by atoms with Gasteiger partial charge in [0.2, 0.25) is 5.91 Å². The number of nitrogens with zero attached hydrogens (tertiary/aromatic N) is 1. The minimum atomic E-state index is -0.112. The molecule has 4 nitrogen and oxygen atoms in total. The molecule has 0 unspecified atom stereocenters. The Morgan fingerprint density at radius 3 is 2.72 bits per heavy atom. The fraction of sp³-hybridized carbons (Fsp3) is 0.333. The fourth-order valence-electron chi connectivity index (χ4n) is 3.29. The third-order valence-electron chi connectivity index (χ3n) is 4.71. The number of rotatable bonds is 5. The molecule has 1 N–H and O–H groups in total. The van der Waals surface area contributed by atoms with Crippen LogP contribution in [0.15, 0.2) is 42.5 Å². The number of aryl methyl sites for hydroxylation is 2. The molecular formula is C21H24N2O2. The molecule has 2 amide bonds. The first-order valence-corrected chi connectivity index (χ1v) is 8.85. The predicted octanol–water partition coefficient (Wildman–Crippen LogP) is 3.93. The lowest BCUT2D eigenvalue weighted by atomic mass is 10.0. The Hall–Kier alpha value is -2.62. The molecule has 4 heteroatoms. The lowest BCUT2D eigenvalue weighted by Crippen LogP contribution is -2.24. The van der Waals surface area contributed by atoms with Crippen molar-refractivity contribution in [2.45, 2.75) is 39.7 Å². The first-order valence-electron chi connectivity index (χ1n) is 8.85. The number of para-hydroxylation sites is 1. The molecule has 25 heavy (non-hydrogen) atoms. The number of carbonyl (C=O) groups is 2. The van der Waals surface area contributed by atoms with Gasteiger partial charge >= 0.3 is 0 Å². The van der Waals surface area contributed by atoms with Crippen LogP contribution in [0.5, 0.6) is 0 Å². The van der Waals surface area contributed by atoms with Crippen LogP contribution in [0.25, 0.3) is 0 Å². The number of nitrogens with one attached hydrogen (secondary N) is 1. The minimum absolute atomic E-state index is 0.112. The third-order valence-corrected chi connectivity index (χ3v) is 4.71. The molecule has 1 saturated heterocycles. The quantitative estimate of drug-likeness (QED) is 0.899. The van der Waals surface area contributed by atoms with E-state index < -0.39 is 0 Å². The number of anilines is 1. The van der Waals surface area contributed by atoms with Crippen molar-refractivity contribution in [3.05, 3.63) is 64.7 Å². The first kappa shape index (κ1) is 17.2. The summed E-state index contributed by atoms with van der Waals surface area (Å²) in [5.41, 5.74) is 4.70. The molecule has 1 heterocycles. The number of hydrogen-bond donors (Lipinski definition) is 1. The van der Waals surface area contributed by atoms with Crippen LogP contribution in [-0.2, 0) is 17.8 Å². The van der Waals surface area contributed by atoms with Gasteiger partial charge in [-0.25, -0.2) is 0 Å². The molecule has 0 spiro atoms. The van der Waals surface area contributed by atoms with Gasteiger partial charge in [-0.15, -0.1) is 0 Å². The number of carbonyl (C=O) groups excluding carboxylic acids is 2. The smallest absolute Gasteiger partial charge is 0.255 e. The van der Waals surface area contributed by atoms with Gasteiger partial charge in [-0.2, -0.15) is 0 Å². The molecule has 0 radical (unpaired) electrons. The zero-order chi connectivity index (χ0) is 17.8. The standard InChI is InChI=1S/C21H24N2O2/c1-3-17-9-4-7-15(2)20(17)22-21(25)18-10-5-8-16(13-18)14-23-12-6-11-19(23)24/h4-5,7-10,13H,3,6,11-12,14H2,1-2H3,(H,22,25). The van der Waals surface area contributed by atoms with Crippen LogP contribution in [0.3, 0.4) is 0 Å². The van der Waals surface area contributed by atoms with Crippen molar-refractivity contribution in [3.63, 3.8) is 0 Å². The van der Waals surface area contributed by atoms with E-state index in [1.807, 2.05) is 54.3 Å². The van der Waals surface area contributed by atoms with E-state index in [2.05, 4.69) is 12.2 Å². The zero-order valence-electron chi connectivity index (χ0n) is 14.8. The van der Waals surface area contributed by atoms with E-state index in [0.29, 0.717) is 18.5 Å². The Kier molecular flexibility index (Phi) is 5.17. The highest BCUT2D eigenvalue weighted by Crippen LogP contribution is 2.22. The van der Waals surface area contributed by atoms with Crippen molar-refractivity contribution in [1.29, 1.82) is 0 Å². The molecule has 2 aromatic rings. The maximum atomic E-state index is 12.7. The highest BCUT2D eigenvalue weighted by Gasteiger charge is 2.20. The Balaban J connectivity index is 1.77. The van der Waals surface area contributed by atoms with Gasteiger partial charge in [0.15, 0.2) is 0 Å². The van der Waals surface area contributed by atoms with E-state index in [0.717, 1.165) is 41.8 Å². The van der Waals surface area contributed by atoms with Crippen LogP contribution >= 0.6 is 0 Å². The second-order valence-electron chi connectivity index (χ2n) is 6.54. The average molecular weight is 336 g/mol. The van der Waals surface area contributed by atoms with Crippen LogP contribution in [0.2, 0.25) is 0 Å². The van der Waals surface area contributed by atoms with Crippen molar-refractivity contribution in [1.82, 2.24) is 4.90 Å². The Bertz CT molecular complexity index is 798. The van der Waals surface area contributed by atoms with Crippen LogP contribution in [0.1, 0.15) is 46.8 Å². The maximum Gasteiger partial charge on any atom is 0.255 e. The molecule has 3 rings (SSSR count). The SMILES string of the molecule is CCc1cccc(C)c1NC(=O)c1cccc(CN2CCCC2=O)c1. The molecule has 2 aromatic carbocycles. The lowest BCUT2D eigenvalue weighted by Gasteiger charge is -2.16. The fourth-order valence-corrected chi connectivity index (χ4v) is 3.29. The summed E-state index contributed by atoms with van der Waals surface area (Å²) in [5.74, 6) is 0.0842. The van der Waals surface area contributed by atoms with Gasteiger partial charge in [0.1, 0.15) is 0 Å². The monoisotopic (exact) mass is 336 g/mol. The number of likely N-dealkylation sites (tertiary alicyclic amines) is 1. The van der Waals surface area contributed by atoms with Crippen LogP contribution in [-0.4, -0.2) is 23.3 Å². The maximum absolute atomic E-state index is 12.7. The van der Waals surface area contributed by atoms with Gasteiger partial charge < -0.3 is 10.2 Å². The van der Waals surface area contributed by atoms with Gasteiger partial charge in [-0.05, 0) is 48.6 Å². The summed E-state index contributed by atoms with van der Waals surface area (Å²) in [5, 5.41) is 3.06. The van der Waals surface area contributed by atoms with Crippen molar-refractivity contribution in [3.8, 4) is 0 Å². The molecule has 1 aliphatic heterocycles. The van der Waals surface area contributed by atoms with Crippen molar-refractivity contribution in [2.24, 2.45) is 0 Å². The summed E-state index contributed by atoms with van der Waals surface area (Å²) in [4.78, 5) is 26.3. The predicted molar refractivity (Wildman–Crippen MR) is 99.6 cm³/mol. The normalized spacial score (nSPS) is 14.0. The van der Waals surface area contributed by atoms with Crippen LogP contribution < -0.4 is 5.32 Å². The Labute approximate surface area is 148 Å². The number of amides is 2. The molecule has 1 fully saturated rings. The summed E-state index contributed by atoms with van der Waals surface area (Å²) < 4.78 is 0. The molecule has 0 saturated carbocycles. The minimum Gasteiger partial charge on any atom is -0.338 e. The lowest BCUT2D eigenvalue weighted by molar-refractivity contribution is -0.128. The summed E-state index contributed by atoms with van der Waals surface area (Å²) >= 11 is 0. The van der Waals surface area contributed by atoms with Crippen LogP contribution in [0.4, 0.5) is 5.69 Å². The Morgan fingerprint density at radius 1 is 1.20 bits per heavy atom. The van der Waals surface area contributed by atoms with E-state index >= 15 is 0 Å². The first-order chi connectivity index (χ1) is 12.1. The molecule has 0 aromatic heterocycles. The van der Waals surface area contributed by atoms with Gasteiger partial charge in [-0.3, -0.25) is 9.59 Å². The molecule has 0 atom stereocenters. The van der Waals surface area contributed by atoms with Gasteiger partial charge in [0.25, 0.3) is 5.91 Å². The van der Waals surface area contributed by atoms with E-state index in [1.54, 1.807) is 0 Å². The largest absolute Gasteiger partial charge is 0.338 e. The molecule has 1 aliphatic rings. The molecule has 0 aliphatic carbocycles. The van der Waals surface area contributed by atoms with Crippen molar-refractivity contribution < 1.29 is 9.59 Å². The second-order valence-corrected chi connectivity index (χ2v) is 6.54. The number of benzene rings is 2. The van der Waals surface area contributed by atoms with E-state index in [1.165, 1.54) is 0 Å². The van der Waals surface area contributed by atoms with E-state index in [4.69, 9.17) is 0 Å². The van der Waals surface area contributed by atoms with Crippen molar-refractivity contribution in [2.75, 3.05) is 11.9 Å². The summed E-state index contributed by atoms with van der Waals surface area (Å²) in [6, 6.07) is 13.6. The van der Waals surface area contributed by atoms with E-state index in [9.17, 15) is 9.59 Å². The Morgan fingerprint density at radius 2 is 2.00 bits per heavy atom. The summed E-state index contributed by atoms with van der Waals surface area (Å²) in [6.45, 7) is 5.46. The average Bonchev–Trinajstić information content (AvgIpc) is 3.01. The van der Waals surface area contributed by atoms with Gasteiger partial charge in [0.05, 0.1) is 0 Å². The molecule has 130 valence electrons. The van der Waals surface area contributed by atoms with Crippen LogP contribution in [0, 0.1) is 6.92 Å². The summed E-state index contributed by atoms with van der Waals surface area (Å²) in [6.07, 6.45) is 2.42. The zero-order valence-corrected chi connectivity index (χ0v) is 14.8.